The number of carbonyl (C=O) groups is 1. The SMILES string of the molecule is C[CH][C@](C)(C#N)C(N)=O. The highest BCUT2D eigenvalue weighted by atomic mass is 16.1. The van der Waals surface area contributed by atoms with E-state index in [9.17, 15) is 4.79 Å². The molecule has 0 aromatic heterocycles. The number of rotatable bonds is 2. The first-order valence-electron chi connectivity index (χ1n) is 2.58. The molecular weight excluding hydrogens is 116 g/mol. The highest BCUT2D eigenvalue weighted by Crippen LogP contribution is 2.16. The van der Waals surface area contributed by atoms with Gasteiger partial charge in [0.25, 0.3) is 0 Å². The fourth-order valence-electron chi connectivity index (χ4n) is 0.262. The summed E-state index contributed by atoms with van der Waals surface area (Å²) in [6.45, 7) is 3.11. The summed E-state index contributed by atoms with van der Waals surface area (Å²) in [6.07, 6.45) is 1.48. The second kappa shape index (κ2) is 2.49. The molecule has 0 aliphatic heterocycles. The minimum atomic E-state index is -1.10. The standard InChI is InChI=1S/C6H9N2O/c1-3-6(2,4-7)5(8)9/h3H,1-2H3,(H2,8,9)/t6-/m1/s1. The van der Waals surface area contributed by atoms with E-state index < -0.39 is 11.3 Å². The van der Waals surface area contributed by atoms with Gasteiger partial charge < -0.3 is 5.73 Å². The molecule has 0 bridgehead atoms. The van der Waals surface area contributed by atoms with Crippen molar-refractivity contribution in [2.75, 3.05) is 0 Å². The number of nitrogens with two attached hydrogens (primary N) is 1. The van der Waals surface area contributed by atoms with Crippen LogP contribution in [0.2, 0.25) is 0 Å². The van der Waals surface area contributed by atoms with Crippen LogP contribution in [0.4, 0.5) is 0 Å². The van der Waals surface area contributed by atoms with Crippen LogP contribution < -0.4 is 5.73 Å². The lowest BCUT2D eigenvalue weighted by Gasteiger charge is -2.12. The van der Waals surface area contributed by atoms with Crippen LogP contribution in [0.5, 0.6) is 0 Å². The maximum Gasteiger partial charge on any atom is 0.237 e. The van der Waals surface area contributed by atoms with Crippen LogP contribution in [0.15, 0.2) is 0 Å². The summed E-state index contributed by atoms with van der Waals surface area (Å²) in [5.74, 6) is -0.604. The van der Waals surface area contributed by atoms with Crippen molar-refractivity contribution in [2.24, 2.45) is 11.1 Å². The molecule has 0 aromatic carbocycles. The Kier molecular flexibility index (Phi) is 2.20. The Labute approximate surface area is 54.5 Å². The van der Waals surface area contributed by atoms with Gasteiger partial charge in [0.1, 0.15) is 5.41 Å². The Bertz CT molecular complexity index is 159. The molecule has 49 valence electrons. The minimum absolute atomic E-state index is 0.604. The van der Waals surface area contributed by atoms with Crippen molar-refractivity contribution in [3.05, 3.63) is 6.42 Å². The molecule has 0 spiro atoms. The molecule has 0 rings (SSSR count). The van der Waals surface area contributed by atoms with Crippen molar-refractivity contribution in [1.82, 2.24) is 0 Å². The number of nitriles is 1. The van der Waals surface area contributed by atoms with E-state index in [2.05, 4.69) is 0 Å². The average Bonchev–Trinajstić information content (AvgIpc) is 1.86. The molecule has 1 radical (unpaired) electrons. The number of amides is 1. The third kappa shape index (κ3) is 1.43. The van der Waals surface area contributed by atoms with E-state index in [0.717, 1.165) is 0 Å². The zero-order valence-electron chi connectivity index (χ0n) is 5.51. The van der Waals surface area contributed by atoms with E-state index in [4.69, 9.17) is 11.0 Å². The lowest BCUT2D eigenvalue weighted by atomic mass is 9.89. The summed E-state index contributed by atoms with van der Waals surface area (Å²) >= 11 is 0. The largest absolute Gasteiger partial charge is 0.368 e. The predicted molar refractivity (Wildman–Crippen MR) is 32.9 cm³/mol. The van der Waals surface area contributed by atoms with Gasteiger partial charge in [0.05, 0.1) is 6.07 Å². The third-order valence-electron chi connectivity index (χ3n) is 1.32. The molecule has 1 atom stereocenters. The Morgan fingerprint density at radius 2 is 2.33 bits per heavy atom. The lowest BCUT2D eigenvalue weighted by molar-refractivity contribution is -0.122. The molecule has 3 nitrogen and oxygen atoms in total. The number of hydrogen-bond donors (Lipinski definition) is 1. The van der Waals surface area contributed by atoms with Crippen LogP contribution in [-0.2, 0) is 4.79 Å². The smallest absolute Gasteiger partial charge is 0.237 e. The third-order valence-corrected chi connectivity index (χ3v) is 1.32. The van der Waals surface area contributed by atoms with Gasteiger partial charge in [0, 0.05) is 0 Å². The number of carbonyl (C=O) groups excluding carboxylic acids is 1. The van der Waals surface area contributed by atoms with E-state index in [-0.39, 0.29) is 0 Å². The van der Waals surface area contributed by atoms with Crippen molar-refractivity contribution in [2.45, 2.75) is 13.8 Å². The normalized spacial score (nSPS) is 15.7. The quantitative estimate of drug-likeness (QED) is 0.573. The molecule has 0 aliphatic carbocycles. The van der Waals surface area contributed by atoms with Crippen LogP contribution in [0.1, 0.15) is 13.8 Å². The monoisotopic (exact) mass is 125 g/mol. The minimum Gasteiger partial charge on any atom is -0.368 e. The van der Waals surface area contributed by atoms with E-state index in [1.807, 2.05) is 0 Å². The average molecular weight is 125 g/mol. The Morgan fingerprint density at radius 3 is 2.33 bits per heavy atom. The summed E-state index contributed by atoms with van der Waals surface area (Å²) in [5.41, 5.74) is 3.80. The van der Waals surface area contributed by atoms with Gasteiger partial charge in [-0.1, -0.05) is 6.92 Å². The van der Waals surface area contributed by atoms with Crippen molar-refractivity contribution < 1.29 is 4.79 Å². The predicted octanol–water partition coefficient (Wildman–Crippen LogP) is 0.226. The maximum atomic E-state index is 10.5. The van der Waals surface area contributed by atoms with E-state index in [0.29, 0.717) is 0 Å². The van der Waals surface area contributed by atoms with E-state index in [1.54, 1.807) is 13.0 Å². The molecule has 1 amide bonds. The summed E-state index contributed by atoms with van der Waals surface area (Å²) < 4.78 is 0. The molecule has 0 aliphatic rings. The highest BCUT2D eigenvalue weighted by molar-refractivity contribution is 5.84. The van der Waals surface area contributed by atoms with Gasteiger partial charge >= 0.3 is 0 Å². The first kappa shape index (κ1) is 7.96. The molecule has 0 saturated heterocycles. The second-order valence-corrected chi connectivity index (χ2v) is 1.97. The van der Waals surface area contributed by atoms with Crippen LogP contribution in [0.3, 0.4) is 0 Å². The molecule has 2 N–H and O–H groups in total. The molecule has 9 heavy (non-hydrogen) atoms. The summed E-state index contributed by atoms with van der Waals surface area (Å²) in [7, 11) is 0. The number of primary amides is 1. The van der Waals surface area contributed by atoms with E-state index in [1.165, 1.54) is 13.3 Å². The topological polar surface area (TPSA) is 66.9 Å². The molecule has 0 aromatic rings. The van der Waals surface area contributed by atoms with Crippen LogP contribution in [0.25, 0.3) is 0 Å². The van der Waals surface area contributed by atoms with Gasteiger partial charge in [-0.3, -0.25) is 4.79 Å². The van der Waals surface area contributed by atoms with Gasteiger partial charge in [-0.2, -0.15) is 5.26 Å². The number of hydrogen-bond acceptors (Lipinski definition) is 2. The fourth-order valence-corrected chi connectivity index (χ4v) is 0.262. The molecule has 0 fully saturated rings. The Morgan fingerprint density at radius 1 is 1.89 bits per heavy atom. The van der Waals surface area contributed by atoms with Crippen molar-refractivity contribution in [3.63, 3.8) is 0 Å². The van der Waals surface area contributed by atoms with Crippen LogP contribution in [-0.4, -0.2) is 5.91 Å². The summed E-state index contributed by atoms with van der Waals surface area (Å²) in [6, 6.07) is 1.80. The molecule has 0 heterocycles. The number of nitrogens with zero attached hydrogens (tertiary/aromatic N) is 1. The zero-order valence-corrected chi connectivity index (χ0v) is 5.51. The van der Waals surface area contributed by atoms with E-state index >= 15 is 0 Å². The summed E-state index contributed by atoms with van der Waals surface area (Å²) in [5, 5.41) is 8.37. The van der Waals surface area contributed by atoms with Crippen molar-refractivity contribution in [3.8, 4) is 6.07 Å². The maximum absolute atomic E-state index is 10.5. The van der Waals surface area contributed by atoms with Crippen LogP contribution in [0, 0.1) is 23.2 Å². The Hall–Kier alpha value is -1.04. The van der Waals surface area contributed by atoms with Gasteiger partial charge in [0.2, 0.25) is 5.91 Å². The molecular formula is C6H9N2O. The first-order valence-corrected chi connectivity index (χ1v) is 2.58. The molecule has 0 saturated carbocycles. The molecule has 0 unspecified atom stereocenters. The zero-order chi connectivity index (χ0) is 7.49. The Balaban J connectivity index is 4.33. The fraction of sp³-hybridized carbons (Fsp3) is 0.500. The van der Waals surface area contributed by atoms with Gasteiger partial charge in [-0.05, 0) is 13.3 Å². The summed E-state index contributed by atoms with van der Waals surface area (Å²) in [4.78, 5) is 10.5. The van der Waals surface area contributed by atoms with Gasteiger partial charge in [-0.15, -0.1) is 0 Å². The molecule has 3 heteroatoms. The highest BCUT2D eigenvalue weighted by Gasteiger charge is 2.28. The van der Waals surface area contributed by atoms with Crippen molar-refractivity contribution >= 4 is 5.91 Å². The van der Waals surface area contributed by atoms with Crippen LogP contribution >= 0.6 is 0 Å². The van der Waals surface area contributed by atoms with Crippen molar-refractivity contribution in [1.29, 1.82) is 5.26 Å². The lowest BCUT2D eigenvalue weighted by Crippen LogP contribution is -2.32. The van der Waals surface area contributed by atoms with Gasteiger partial charge in [-0.25, -0.2) is 0 Å². The second-order valence-electron chi connectivity index (χ2n) is 1.97. The first-order chi connectivity index (χ1) is 4.06. The van der Waals surface area contributed by atoms with Gasteiger partial charge in [0.15, 0.2) is 0 Å².